The first kappa shape index (κ1) is 19.8. The number of carbonyl (C=O) groups excluding carboxylic acids is 1. The van der Waals surface area contributed by atoms with Crippen molar-refractivity contribution in [1.29, 1.82) is 0 Å². The van der Waals surface area contributed by atoms with Crippen molar-refractivity contribution >= 4 is 17.2 Å². The highest BCUT2D eigenvalue weighted by Gasteiger charge is 2.39. The van der Waals surface area contributed by atoms with Crippen molar-refractivity contribution < 1.29 is 23.7 Å². The van der Waals surface area contributed by atoms with Gasteiger partial charge in [0, 0.05) is 11.4 Å². The maximum Gasteiger partial charge on any atom is 0.268 e. The number of benzene rings is 2. The van der Waals surface area contributed by atoms with Crippen molar-refractivity contribution in [3.05, 3.63) is 69.9 Å². The number of methoxy groups -OCH3 is 2. The quantitative estimate of drug-likeness (QED) is 0.616. The van der Waals surface area contributed by atoms with Crippen LogP contribution in [0.5, 0.6) is 23.0 Å². The van der Waals surface area contributed by atoms with E-state index >= 15 is 0 Å². The molecule has 0 aliphatic carbocycles. The molecule has 0 spiro atoms. The van der Waals surface area contributed by atoms with E-state index in [0.29, 0.717) is 29.5 Å². The summed E-state index contributed by atoms with van der Waals surface area (Å²) >= 11 is 1.63. The standard InChI is InChI=1S/C24H23NO5S/c1-27-19-12-15-9-10-25(23(22-8-5-11-31-22)16(15)13-20(19)28-2)24(26)21-14-29-17-6-3-4-7-18(17)30-21/h3-8,11-13,21,23H,9-10,14H2,1-2H3/t21-,23-/m0/s1. The van der Waals surface area contributed by atoms with Crippen molar-refractivity contribution in [2.24, 2.45) is 0 Å². The Balaban J connectivity index is 1.51. The molecular weight excluding hydrogens is 414 g/mol. The van der Waals surface area contributed by atoms with Gasteiger partial charge in [-0.15, -0.1) is 11.3 Å². The van der Waals surface area contributed by atoms with E-state index in [2.05, 4.69) is 6.07 Å². The average molecular weight is 438 g/mol. The zero-order valence-corrected chi connectivity index (χ0v) is 18.2. The minimum Gasteiger partial charge on any atom is -0.493 e. The molecule has 2 aromatic carbocycles. The average Bonchev–Trinajstić information content (AvgIpc) is 3.36. The molecule has 1 amide bonds. The molecule has 0 N–H and O–H groups in total. The van der Waals surface area contributed by atoms with Gasteiger partial charge in [0.2, 0.25) is 6.10 Å². The predicted octanol–water partition coefficient (Wildman–Crippen LogP) is 4.08. The maximum atomic E-state index is 13.6. The first-order valence-electron chi connectivity index (χ1n) is 10.2. The first-order valence-corrected chi connectivity index (χ1v) is 11.0. The third kappa shape index (κ3) is 3.49. The second-order valence-electron chi connectivity index (χ2n) is 7.47. The molecular formula is C24H23NO5S. The fourth-order valence-corrected chi connectivity index (χ4v) is 5.12. The lowest BCUT2D eigenvalue weighted by Crippen LogP contribution is -2.50. The van der Waals surface area contributed by atoms with Crippen LogP contribution in [-0.2, 0) is 11.2 Å². The fraction of sp³-hybridized carbons (Fsp3) is 0.292. The van der Waals surface area contributed by atoms with Gasteiger partial charge in [0.1, 0.15) is 6.61 Å². The van der Waals surface area contributed by atoms with Gasteiger partial charge in [-0.25, -0.2) is 0 Å². The zero-order valence-electron chi connectivity index (χ0n) is 17.4. The molecule has 31 heavy (non-hydrogen) atoms. The van der Waals surface area contributed by atoms with Crippen LogP contribution in [0.4, 0.5) is 0 Å². The number of para-hydroxylation sites is 2. The van der Waals surface area contributed by atoms with E-state index in [1.165, 1.54) is 0 Å². The molecule has 2 aliphatic rings. The number of carbonyl (C=O) groups is 1. The highest BCUT2D eigenvalue weighted by atomic mass is 32.1. The van der Waals surface area contributed by atoms with Gasteiger partial charge in [0.15, 0.2) is 23.0 Å². The molecule has 0 saturated heterocycles. The lowest BCUT2D eigenvalue weighted by Gasteiger charge is -2.39. The van der Waals surface area contributed by atoms with Crippen molar-refractivity contribution in [1.82, 2.24) is 4.90 Å². The van der Waals surface area contributed by atoms with E-state index in [-0.39, 0.29) is 18.6 Å². The molecule has 0 saturated carbocycles. The number of hydrogen-bond donors (Lipinski definition) is 0. The van der Waals surface area contributed by atoms with Crippen LogP contribution in [0, 0.1) is 0 Å². The Morgan fingerprint density at radius 2 is 1.84 bits per heavy atom. The van der Waals surface area contributed by atoms with Gasteiger partial charge in [-0.3, -0.25) is 4.79 Å². The second-order valence-corrected chi connectivity index (χ2v) is 8.45. The van der Waals surface area contributed by atoms with Gasteiger partial charge in [0.05, 0.1) is 20.3 Å². The van der Waals surface area contributed by atoms with Gasteiger partial charge in [-0.1, -0.05) is 18.2 Å². The number of thiophene rings is 1. The van der Waals surface area contributed by atoms with Gasteiger partial charge < -0.3 is 23.8 Å². The monoisotopic (exact) mass is 437 g/mol. The lowest BCUT2D eigenvalue weighted by molar-refractivity contribution is -0.143. The molecule has 3 aromatic rings. The van der Waals surface area contributed by atoms with Crippen molar-refractivity contribution in [2.75, 3.05) is 27.4 Å². The summed E-state index contributed by atoms with van der Waals surface area (Å²) < 4.78 is 22.9. The topological polar surface area (TPSA) is 57.2 Å². The first-order chi connectivity index (χ1) is 15.2. The van der Waals surface area contributed by atoms with Crippen LogP contribution in [0.1, 0.15) is 22.0 Å². The third-order valence-corrected chi connectivity index (χ3v) is 6.68. The van der Waals surface area contributed by atoms with Crippen LogP contribution < -0.4 is 18.9 Å². The normalized spacial score (nSPS) is 19.5. The van der Waals surface area contributed by atoms with Crippen molar-refractivity contribution in [3.63, 3.8) is 0 Å². The van der Waals surface area contributed by atoms with E-state index in [9.17, 15) is 4.79 Å². The number of amides is 1. The molecule has 5 rings (SSSR count). The van der Waals surface area contributed by atoms with Crippen LogP contribution in [0.3, 0.4) is 0 Å². The number of nitrogens with zero attached hydrogens (tertiary/aromatic N) is 1. The summed E-state index contributed by atoms with van der Waals surface area (Å²) in [4.78, 5) is 16.6. The van der Waals surface area contributed by atoms with Gasteiger partial charge in [0.25, 0.3) is 5.91 Å². The maximum absolute atomic E-state index is 13.6. The molecule has 1 aromatic heterocycles. The van der Waals surface area contributed by atoms with Crippen LogP contribution in [0.2, 0.25) is 0 Å². The van der Waals surface area contributed by atoms with E-state index in [1.54, 1.807) is 25.6 Å². The molecule has 0 radical (unpaired) electrons. The number of hydrogen-bond acceptors (Lipinski definition) is 6. The van der Waals surface area contributed by atoms with Crippen LogP contribution in [0.25, 0.3) is 0 Å². The molecule has 3 heterocycles. The lowest BCUT2D eigenvalue weighted by atomic mass is 9.90. The summed E-state index contributed by atoms with van der Waals surface area (Å²) in [6.07, 6.45) is 0.0482. The molecule has 6 nitrogen and oxygen atoms in total. The minimum atomic E-state index is -0.681. The number of ether oxygens (including phenoxy) is 4. The molecule has 2 aliphatic heterocycles. The van der Waals surface area contributed by atoms with E-state index in [4.69, 9.17) is 18.9 Å². The molecule has 0 unspecified atom stereocenters. The van der Waals surface area contributed by atoms with Crippen LogP contribution in [0.15, 0.2) is 53.9 Å². The Kier molecular flexibility index (Phi) is 5.19. The van der Waals surface area contributed by atoms with E-state index < -0.39 is 6.10 Å². The summed E-state index contributed by atoms with van der Waals surface area (Å²) in [5.41, 5.74) is 2.21. The molecule has 0 fully saturated rings. The number of rotatable bonds is 4. The largest absolute Gasteiger partial charge is 0.493 e. The SMILES string of the molecule is COc1cc2c(cc1OC)[C@@H](c1cccs1)N(C(=O)[C@@H]1COc3ccccc3O1)CC2. The van der Waals surface area contributed by atoms with Crippen molar-refractivity contribution in [2.45, 2.75) is 18.6 Å². The van der Waals surface area contributed by atoms with Crippen LogP contribution in [-0.4, -0.2) is 44.3 Å². The number of fused-ring (bicyclic) bond motifs is 2. The Bertz CT molecular complexity index is 1100. The minimum absolute atomic E-state index is 0.0756. The van der Waals surface area contributed by atoms with Crippen LogP contribution >= 0.6 is 11.3 Å². The van der Waals surface area contributed by atoms with Gasteiger partial charge in [-0.2, -0.15) is 0 Å². The molecule has 2 atom stereocenters. The predicted molar refractivity (Wildman–Crippen MR) is 117 cm³/mol. The molecule has 0 bridgehead atoms. The smallest absolute Gasteiger partial charge is 0.268 e. The molecule has 160 valence electrons. The van der Waals surface area contributed by atoms with E-state index in [0.717, 1.165) is 22.4 Å². The summed E-state index contributed by atoms with van der Waals surface area (Å²) in [6, 6.07) is 15.3. The molecule has 7 heteroatoms. The van der Waals surface area contributed by atoms with E-state index in [1.807, 2.05) is 52.7 Å². The summed E-state index contributed by atoms with van der Waals surface area (Å²) in [7, 11) is 3.26. The highest BCUT2D eigenvalue weighted by molar-refractivity contribution is 7.10. The fourth-order valence-electron chi connectivity index (χ4n) is 4.26. The summed E-state index contributed by atoms with van der Waals surface area (Å²) in [5, 5.41) is 2.03. The summed E-state index contributed by atoms with van der Waals surface area (Å²) in [6.45, 7) is 0.785. The second kappa shape index (κ2) is 8.15. The van der Waals surface area contributed by atoms with Gasteiger partial charge >= 0.3 is 0 Å². The van der Waals surface area contributed by atoms with Crippen molar-refractivity contribution in [3.8, 4) is 23.0 Å². The zero-order chi connectivity index (χ0) is 21.4. The Morgan fingerprint density at radius 1 is 1.06 bits per heavy atom. The Morgan fingerprint density at radius 3 is 2.58 bits per heavy atom. The van der Waals surface area contributed by atoms with Gasteiger partial charge in [-0.05, 0) is 53.3 Å². The Labute approximate surface area is 184 Å². The highest BCUT2D eigenvalue weighted by Crippen LogP contribution is 2.43. The third-order valence-electron chi connectivity index (χ3n) is 5.75. The Hall–Kier alpha value is -3.19. The summed E-state index contributed by atoms with van der Waals surface area (Å²) in [5.74, 6) is 2.55.